The Labute approximate surface area is 284 Å². The summed E-state index contributed by atoms with van der Waals surface area (Å²) in [6, 6.07) is 5.24. The van der Waals surface area contributed by atoms with Crippen molar-refractivity contribution in [3.63, 3.8) is 0 Å². The van der Waals surface area contributed by atoms with Gasteiger partial charge in [-0.1, -0.05) is 0 Å². The summed E-state index contributed by atoms with van der Waals surface area (Å²) in [5.74, 6) is -10.8. The van der Waals surface area contributed by atoms with E-state index in [9.17, 15) is 58.0 Å². The van der Waals surface area contributed by atoms with E-state index in [1.165, 1.54) is 0 Å². The van der Waals surface area contributed by atoms with Crippen LogP contribution >= 0.6 is 0 Å². The van der Waals surface area contributed by atoms with Gasteiger partial charge in [0.15, 0.2) is 17.4 Å². The molecule has 0 radical (unpaired) electrons. The molecule has 1 aliphatic heterocycles. The Bertz CT molecular complexity index is 2020. The van der Waals surface area contributed by atoms with Crippen LogP contribution in [-0.2, 0) is 35.3 Å². The molecule has 2 aromatic carbocycles. The van der Waals surface area contributed by atoms with Crippen molar-refractivity contribution in [1.29, 1.82) is 0 Å². The number of rotatable bonds is 18. The predicted octanol–water partition coefficient (Wildman–Crippen LogP) is 2.18. The highest BCUT2D eigenvalue weighted by Crippen LogP contribution is 2.44. The summed E-state index contributed by atoms with van der Waals surface area (Å²) in [5.41, 5.74) is -2.87. The molecular formula is C32H28F2N2O15. The lowest BCUT2D eigenvalue weighted by atomic mass is 9.88. The summed E-state index contributed by atoms with van der Waals surface area (Å²) in [5, 5.41) is 57.1. The number of carboxylic acid groups (broad SMARTS) is 5. The molecule has 2 aromatic rings. The molecule has 270 valence electrons. The number of hydrogen-bond donors (Lipinski definition) is 6. The van der Waals surface area contributed by atoms with E-state index in [0.29, 0.717) is 0 Å². The summed E-state index contributed by atoms with van der Waals surface area (Å²) in [7, 11) is 0. The second-order valence-electron chi connectivity index (χ2n) is 10.9. The Hall–Kier alpha value is -6.18. The quantitative estimate of drug-likeness (QED) is 0.0489. The predicted molar refractivity (Wildman–Crippen MR) is 168 cm³/mol. The molecule has 0 unspecified atom stereocenters. The summed E-state index contributed by atoms with van der Waals surface area (Å²) in [4.78, 5) is 72.2. The van der Waals surface area contributed by atoms with Gasteiger partial charge in [-0.3, -0.25) is 28.9 Å². The molecule has 6 N–H and O–H groups in total. The van der Waals surface area contributed by atoms with Crippen molar-refractivity contribution in [1.82, 2.24) is 4.90 Å². The van der Waals surface area contributed by atoms with Gasteiger partial charge in [-0.15, -0.1) is 0 Å². The average molecular weight is 719 g/mol. The fourth-order valence-corrected chi connectivity index (χ4v) is 5.23. The molecule has 0 saturated carbocycles. The monoisotopic (exact) mass is 718 g/mol. The molecule has 17 nitrogen and oxygen atoms in total. The molecule has 2 aliphatic rings. The van der Waals surface area contributed by atoms with Crippen LogP contribution < -0.4 is 10.3 Å². The molecule has 0 aromatic heterocycles. The number of aliphatic carboxylic acids is 4. The standard InChI is InChI=1S/C32H28F2N2O15/c33-20-4-18-25(7-23(20)37)51-26-8-24(38)21(34)5-19(26)31(18)16-3-15(13-50-14-49-2-1-35(9-27(39)40)10-28(41)42)22(6-17(16)32(47)48)36(11-29(43)44)12-30(45)46/h3-8,37H,1-2,9-14H2,(H,39,40)(H,41,42)(H,43,44)(H,45,46)(H,47,48). The first-order valence-electron chi connectivity index (χ1n) is 14.5. The fraction of sp³-hybridized carbons (Fsp3) is 0.250. The SMILES string of the molecule is O=C(O)CN(CCOCOCc1cc(-c2c3cc(F)c(=O)cc-3oc3cc(O)c(F)cc23)c(C(=O)O)cc1N(CC(=O)O)CC(=O)O)CC(=O)O. The zero-order valence-electron chi connectivity index (χ0n) is 26.1. The number of aromatic hydroxyl groups is 1. The van der Waals surface area contributed by atoms with Gasteiger partial charge in [0, 0.05) is 46.4 Å². The van der Waals surface area contributed by atoms with E-state index >= 15 is 0 Å². The maximum absolute atomic E-state index is 14.7. The molecule has 4 rings (SSSR count). The van der Waals surface area contributed by atoms with Crippen LogP contribution in [0.2, 0.25) is 0 Å². The normalized spacial score (nSPS) is 11.3. The van der Waals surface area contributed by atoms with Crippen molar-refractivity contribution in [2.45, 2.75) is 6.61 Å². The highest BCUT2D eigenvalue weighted by molar-refractivity contribution is 6.08. The third-order valence-corrected chi connectivity index (χ3v) is 7.25. The minimum absolute atomic E-state index is 0.0401. The number of carbonyl (C=O) groups is 5. The number of phenols is 1. The minimum atomic E-state index is -1.64. The molecule has 0 saturated heterocycles. The highest BCUT2D eigenvalue weighted by Gasteiger charge is 2.28. The van der Waals surface area contributed by atoms with Crippen molar-refractivity contribution >= 4 is 46.5 Å². The Morgan fingerprint density at radius 2 is 1.37 bits per heavy atom. The van der Waals surface area contributed by atoms with Gasteiger partial charge < -0.3 is 49.4 Å². The summed E-state index contributed by atoms with van der Waals surface area (Å²) < 4.78 is 45.9. The number of carboxylic acids is 5. The number of anilines is 1. The topological polar surface area (TPSA) is 262 Å². The van der Waals surface area contributed by atoms with Crippen molar-refractivity contribution < 1.29 is 77.3 Å². The third-order valence-electron chi connectivity index (χ3n) is 7.25. The van der Waals surface area contributed by atoms with E-state index in [0.717, 1.165) is 46.2 Å². The van der Waals surface area contributed by atoms with Gasteiger partial charge in [0.2, 0.25) is 5.43 Å². The first-order chi connectivity index (χ1) is 24.0. The van der Waals surface area contributed by atoms with Crippen LogP contribution in [0.5, 0.6) is 5.75 Å². The third kappa shape index (κ3) is 9.29. The molecule has 0 fully saturated rings. The second-order valence-corrected chi connectivity index (χ2v) is 10.9. The number of benzene rings is 3. The van der Waals surface area contributed by atoms with Crippen LogP contribution in [0.3, 0.4) is 0 Å². The van der Waals surface area contributed by atoms with Gasteiger partial charge in [-0.05, 0) is 29.8 Å². The van der Waals surface area contributed by atoms with Gasteiger partial charge in [-0.25, -0.2) is 13.6 Å². The van der Waals surface area contributed by atoms with E-state index < -0.39 is 97.8 Å². The summed E-state index contributed by atoms with van der Waals surface area (Å²) in [6.45, 7) is -4.43. The Morgan fingerprint density at radius 1 is 0.745 bits per heavy atom. The lowest BCUT2D eigenvalue weighted by Crippen LogP contribution is -2.37. The number of phenolic OH excluding ortho intramolecular Hbond substituents is 1. The molecule has 0 atom stereocenters. The number of fused-ring (bicyclic) bond motifs is 2. The van der Waals surface area contributed by atoms with Gasteiger partial charge in [0.1, 0.15) is 31.2 Å². The second kappa shape index (κ2) is 16.0. The van der Waals surface area contributed by atoms with Gasteiger partial charge in [0.05, 0.1) is 31.9 Å². The molecular weight excluding hydrogens is 690 g/mol. The van der Waals surface area contributed by atoms with Gasteiger partial charge in [-0.2, -0.15) is 0 Å². The number of hydrogen-bond acceptors (Lipinski definition) is 12. The average Bonchev–Trinajstić information content (AvgIpc) is 3.01. The molecule has 1 heterocycles. The van der Waals surface area contributed by atoms with Crippen molar-refractivity contribution in [2.75, 3.05) is 51.0 Å². The molecule has 19 heteroatoms. The van der Waals surface area contributed by atoms with Gasteiger partial charge >= 0.3 is 29.8 Å². The van der Waals surface area contributed by atoms with Crippen LogP contribution in [-0.4, -0.2) is 112 Å². The van der Waals surface area contributed by atoms with Crippen molar-refractivity contribution in [3.8, 4) is 28.2 Å². The van der Waals surface area contributed by atoms with Crippen molar-refractivity contribution in [2.24, 2.45) is 0 Å². The molecule has 0 spiro atoms. The first kappa shape index (κ1) is 37.6. The van der Waals surface area contributed by atoms with E-state index in [1.54, 1.807) is 0 Å². The van der Waals surface area contributed by atoms with Gasteiger partial charge in [0.25, 0.3) is 0 Å². The Balaban J connectivity index is 1.85. The highest BCUT2D eigenvalue weighted by atomic mass is 19.1. The fourth-order valence-electron chi connectivity index (χ4n) is 5.23. The maximum Gasteiger partial charge on any atom is 0.336 e. The molecule has 0 amide bonds. The lowest BCUT2D eigenvalue weighted by molar-refractivity contribution is -0.143. The number of halogens is 2. The smallest absolute Gasteiger partial charge is 0.336 e. The van der Waals surface area contributed by atoms with E-state index in [4.69, 9.17) is 24.1 Å². The Morgan fingerprint density at radius 3 is 1.96 bits per heavy atom. The zero-order chi connectivity index (χ0) is 37.6. The zero-order valence-corrected chi connectivity index (χ0v) is 26.1. The number of ether oxygens (including phenoxy) is 2. The number of nitrogens with zero attached hydrogens (tertiary/aromatic N) is 2. The van der Waals surface area contributed by atoms with E-state index in [1.807, 2.05) is 0 Å². The van der Waals surface area contributed by atoms with Crippen LogP contribution in [0.4, 0.5) is 14.5 Å². The lowest BCUT2D eigenvalue weighted by Gasteiger charge is -2.26. The first-order valence-corrected chi connectivity index (χ1v) is 14.5. The van der Waals surface area contributed by atoms with E-state index in [2.05, 4.69) is 0 Å². The molecule has 0 bridgehead atoms. The van der Waals surface area contributed by atoms with Crippen LogP contribution in [0.15, 0.2) is 45.6 Å². The molecule has 51 heavy (non-hydrogen) atoms. The maximum atomic E-state index is 14.7. The van der Waals surface area contributed by atoms with Crippen molar-refractivity contribution in [3.05, 3.63) is 69.4 Å². The van der Waals surface area contributed by atoms with E-state index in [-0.39, 0.29) is 57.8 Å². The summed E-state index contributed by atoms with van der Waals surface area (Å²) in [6.07, 6.45) is 0. The van der Waals surface area contributed by atoms with Crippen LogP contribution in [0.1, 0.15) is 15.9 Å². The van der Waals surface area contributed by atoms with Crippen LogP contribution in [0.25, 0.3) is 33.4 Å². The largest absolute Gasteiger partial charge is 0.505 e. The Kier molecular flexibility index (Phi) is 11.8. The summed E-state index contributed by atoms with van der Waals surface area (Å²) >= 11 is 0. The number of aromatic carboxylic acids is 1. The molecule has 1 aliphatic carbocycles. The minimum Gasteiger partial charge on any atom is -0.505 e. The van der Waals surface area contributed by atoms with Crippen LogP contribution in [0, 0.1) is 11.6 Å².